The minimum atomic E-state index is 0.695. The summed E-state index contributed by atoms with van der Waals surface area (Å²) in [5, 5.41) is 3.73. The van der Waals surface area contributed by atoms with Crippen molar-refractivity contribution in [2.75, 3.05) is 6.54 Å². The number of rotatable bonds is 10. The van der Waals surface area contributed by atoms with Crippen LogP contribution in [-0.4, -0.2) is 12.6 Å². The molecule has 0 saturated heterocycles. The highest BCUT2D eigenvalue weighted by Crippen LogP contribution is 2.38. The maximum Gasteiger partial charge on any atom is 0.0139 e. The molecule has 0 radical (unpaired) electrons. The second kappa shape index (κ2) is 8.46. The summed E-state index contributed by atoms with van der Waals surface area (Å²) in [6, 6.07) is 9.68. The number of hydrogen-bond donors (Lipinski definition) is 1. The molecule has 0 heterocycles. The van der Waals surface area contributed by atoms with Gasteiger partial charge in [0.15, 0.2) is 0 Å². The molecule has 0 aliphatic heterocycles. The molecule has 2 atom stereocenters. The van der Waals surface area contributed by atoms with E-state index in [4.69, 9.17) is 0 Å². The van der Waals surface area contributed by atoms with Gasteiger partial charge in [0, 0.05) is 12.0 Å². The van der Waals surface area contributed by atoms with Crippen molar-refractivity contribution in [2.45, 2.75) is 77.2 Å². The van der Waals surface area contributed by atoms with Crippen LogP contribution in [0.1, 0.15) is 75.8 Å². The first kappa shape index (κ1) is 15.6. The smallest absolute Gasteiger partial charge is 0.0139 e. The zero-order valence-corrected chi connectivity index (χ0v) is 13.3. The van der Waals surface area contributed by atoms with Gasteiger partial charge in [-0.3, -0.25) is 0 Å². The lowest BCUT2D eigenvalue weighted by atomic mass is 9.72. The van der Waals surface area contributed by atoms with Crippen molar-refractivity contribution in [3.05, 3.63) is 35.4 Å². The Balaban J connectivity index is 1.74. The second-order valence-electron chi connectivity index (χ2n) is 6.23. The number of unbranched alkanes of at least 4 members (excludes halogenated alkanes) is 5. The van der Waals surface area contributed by atoms with Gasteiger partial charge in [-0.15, -0.1) is 0 Å². The first-order valence-corrected chi connectivity index (χ1v) is 8.68. The maximum atomic E-state index is 3.73. The van der Waals surface area contributed by atoms with Crippen molar-refractivity contribution >= 4 is 0 Å². The molecule has 0 spiro atoms. The molecule has 20 heavy (non-hydrogen) atoms. The third kappa shape index (κ3) is 4.09. The third-order valence-corrected chi connectivity index (χ3v) is 4.72. The van der Waals surface area contributed by atoms with Crippen molar-refractivity contribution in [3.63, 3.8) is 0 Å². The Hall–Kier alpha value is -0.820. The molecule has 1 N–H and O–H groups in total. The lowest BCUT2D eigenvalue weighted by Gasteiger charge is -2.37. The van der Waals surface area contributed by atoms with Crippen molar-refractivity contribution in [3.8, 4) is 0 Å². The zero-order chi connectivity index (χ0) is 14.2. The van der Waals surface area contributed by atoms with Crippen LogP contribution in [0.3, 0.4) is 0 Å². The summed E-state index contributed by atoms with van der Waals surface area (Å²) < 4.78 is 0. The highest BCUT2D eigenvalue weighted by atomic mass is 14.9. The SMILES string of the molecule is CCCCCCCCC(NCC)C1Cc2ccccc21. The standard InChI is InChI=1S/C19H31N/c1-3-5-6-7-8-9-14-19(20-4-2)18-15-16-12-10-11-13-17(16)18/h10-13,18-20H,3-9,14-15H2,1-2H3. The number of likely N-dealkylation sites (N-methyl/N-ethyl adjacent to an activating group) is 1. The normalized spacial score (nSPS) is 18.4. The number of fused-ring (bicyclic) bond motifs is 1. The predicted octanol–water partition coefficient (Wildman–Crippen LogP) is 5.06. The average Bonchev–Trinajstić information content (AvgIpc) is 2.44. The summed E-state index contributed by atoms with van der Waals surface area (Å²) in [6.45, 7) is 5.62. The Labute approximate surface area is 125 Å². The summed E-state index contributed by atoms with van der Waals surface area (Å²) in [6.07, 6.45) is 11.0. The van der Waals surface area contributed by atoms with E-state index in [1.165, 1.54) is 51.4 Å². The van der Waals surface area contributed by atoms with Crippen LogP contribution in [0.25, 0.3) is 0 Å². The quantitative estimate of drug-likeness (QED) is 0.588. The topological polar surface area (TPSA) is 12.0 Å². The molecular formula is C19H31N. The summed E-state index contributed by atoms with van der Waals surface area (Å²) in [4.78, 5) is 0. The predicted molar refractivity (Wildman–Crippen MR) is 88.3 cm³/mol. The molecule has 0 fully saturated rings. The summed E-state index contributed by atoms with van der Waals surface area (Å²) in [7, 11) is 0. The minimum absolute atomic E-state index is 0.695. The molecule has 0 aromatic heterocycles. The van der Waals surface area contributed by atoms with Crippen molar-refractivity contribution in [1.82, 2.24) is 5.32 Å². The van der Waals surface area contributed by atoms with Crippen LogP contribution >= 0.6 is 0 Å². The largest absolute Gasteiger partial charge is 0.314 e. The monoisotopic (exact) mass is 273 g/mol. The molecule has 2 unspecified atom stereocenters. The van der Waals surface area contributed by atoms with Gasteiger partial charge >= 0.3 is 0 Å². The Morgan fingerprint density at radius 2 is 1.80 bits per heavy atom. The molecule has 0 saturated carbocycles. The van der Waals surface area contributed by atoms with E-state index >= 15 is 0 Å². The van der Waals surface area contributed by atoms with E-state index in [9.17, 15) is 0 Å². The van der Waals surface area contributed by atoms with E-state index in [-0.39, 0.29) is 0 Å². The fraction of sp³-hybridized carbons (Fsp3) is 0.684. The van der Waals surface area contributed by atoms with E-state index in [2.05, 4.69) is 43.4 Å². The van der Waals surface area contributed by atoms with Gasteiger partial charge in [-0.05, 0) is 30.5 Å². The van der Waals surface area contributed by atoms with Crippen LogP contribution in [0.5, 0.6) is 0 Å². The molecule has 1 aromatic carbocycles. The molecule has 1 heteroatoms. The molecule has 1 nitrogen and oxygen atoms in total. The molecule has 1 aliphatic rings. The van der Waals surface area contributed by atoms with Crippen LogP contribution in [0.4, 0.5) is 0 Å². The lowest BCUT2D eigenvalue weighted by molar-refractivity contribution is 0.372. The highest BCUT2D eigenvalue weighted by Gasteiger charge is 2.31. The first-order valence-electron chi connectivity index (χ1n) is 8.68. The minimum Gasteiger partial charge on any atom is -0.314 e. The Morgan fingerprint density at radius 3 is 2.55 bits per heavy atom. The zero-order valence-electron chi connectivity index (χ0n) is 13.3. The summed E-state index contributed by atoms with van der Waals surface area (Å²) in [5.41, 5.74) is 3.17. The van der Waals surface area contributed by atoms with E-state index in [0.717, 1.165) is 12.5 Å². The van der Waals surface area contributed by atoms with Gasteiger partial charge in [-0.1, -0.05) is 76.6 Å². The molecule has 2 rings (SSSR count). The fourth-order valence-electron chi connectivity index (χ4n) is 3.51. The molecule has 0 amide bonds. The molecule has 112 valence electrons. The average molecular weight is 273 g/mol. The maximum absolute atomic E-state index is 3.73. The van der Waals surface area contributed by atoms with Gasteiger partial charge < -0.3 is 5.32 Å². The van der Waals surface area contributed by atoms with Crippen LogP contribution < -0.4 is 5.32 Å². The Kier molecular flexibility index (Phi) is 6.59. The van der Waals surface area contributed by atoms with Gasteiger partial charge in [0.2, 0.25) is 0 Å². The van der Waals surface area contributed by atoms with E-state index in [0.29, 0.717) is 6.04 Å². The van der Waals surface area contributed by atoms with Gasteiger partial charge in [0.1, 0.15) is 0 Å². The van der Waals surface area contributed by atoms with Crippen molar-refractivity contribution < 1.29 is 0 Å². The van der Waals surface area contributed by atoms with E-state index in [1.54, 1.807) is 11.1 Å². The number of hydrogen-bond acceptors (Lipinski definition) is 1. The molecule has 1 aromatic rings. The third-order valence-electron chi connectivity index (χ3n) is 4.72. The fourth-order valence-corrected chi connectivity index (χ4v) is 3.51. The van der Waals surface area contributed by atoms with Gasteiger partial charge in [0.05, 0.1) is 0 Å². The van der Waals surface area contributed by atoms with E-state index in [1.807, 2.05) is 0 Å². The van der Waals surface area contributed by atoms with Crippen molar-refractivity contribution in [2.24, 2.45) is 0 Å². The van der Waals surface area contributed by atoms with Crippen LogP contribution in [-0.2, 0) is 6.42 Å². The van der Waals surface area contributed by atoms with Gasteiger partial charge in [-0.2, -0.15) is 0 Å². The number of benzene rings is 1. The Bertz CT molecular complexity index is 385. The summed E-state index contributed by atoms with van der Waals surface area (Å²) >= 11 is 0. The molecule has 0 bridgehead atoms. The second-order valence-corrected chi connectivity index (χ2v) is 6.23. The van der Waals surface area contributed by atoms with Crippen LogP contribution in [0.15, 0.2) is 24.3 Å². The lowest BCUT2D eigenvalue weighted by Crippen LogP contribution is -2.39. The van der Waals surface area contributed by atoms with E-state index < -0.39 is 0 Å². The van der Waals surface area contributed by atoms with Crippen molar-refractivity contribution in [1.29, 1.82) is 0 Å². The molecule has 1 aliphatic carbocycles. The van der Waals surface area contributed by atoms with Crippen LogP contribution in [0.2, 0.25) is 0 Å². The summed E-state index contributed by atoms with van der Waals surface area (Å²) in [5.74, 6) is 0.766. The van der Waals surface area contributed by atoms with Crippen LogP contribution in [0, 0.1) is 0 Å². The Morgan fingerprint density at radius 1 is 1.05 bits per heavy atom. The first-order chi connectivity index (χ1) is 9.86. The van der Waals surface area contributed by atoms with Gasteiger partial charge in [-0.25, -0.2) is 0 Å². The number of nitrogens with one attached hydrogen (secondary N) is 1. The van der Waals surface area contributed by atoms with Gasteiger partial charge in [0.25, 0.3) is 0 Å². The highest BCUT2D eigenvalue weighted by molar-refractivity contribution is 5.41. The molecular weight excluding hydrogens is 242 g/mol.